The van der Waals surface area contributed by atoms with Gasteiger partial charge in [-0.2, -0.15) is 10.2 Å². The van der Waals surface area contributed by atoms with E-state index in [-0.39, 0.29) is 24.0 Å². The van der Waals surface area contributed by atoms with Crippen molar-refractivity contribution in [3.8, 4) is 11.1 Å². The zero-order chi connectivity index (χ0) is 21.0. The first kappa shape index (κ1) is 22.3. The number of rotatable bonds is 3. The van der Waals surface area contributed by atoms with E-state index in [1.165, 1.54) is 33.4 Å². The number of hydrogen-bond donors (Lipinski definition) is 0. The molecule has 0 N–H and O–H groups in total. The van der Waals surface area contributed by atoms with E-state index in [0.717, 1.165) is 37.1 Å². The molecule has 0 radical (unpaired) electrons. The number of hydrogen-bond acceptors (Lipinski definition) is 2. The van der Waals surface area contributed by atoms with Crippen molar-refractivity contribution >= 4 is 11.4 Å². The lowest BCUT2D eigenvalue weighted by Crippen LogP contribution is -3.00. The molecule has 0 fully saturated rings. The summed E-state index contributed by atoms with van der Waals surface area (Å²) in [5, 5.41) is 9.09. The first-order valence-electron chi connectivity index (χ1n) is 10.9. The molecule has 3 nitrogen and oxygen atoms in total. The van der Waals surface area contributed by atoms with Crippen molar-refractivity contribution < 1.29 is 28.5 Å². The van der Waals surface area contributed by atoms with Crippen LogP contribution in [0.4, 0.5) is 11.4 Å². The SMILES string of the molecule is C[n+]1ccc(-c2cc3ccc2CCc2ccc(c(N=Nc4ccccc4)c2)CC3)cc1.[I-]. The molecule has 1 aromatic heterocycles. The van der Waals surface area contributed by atoms with Crippen LogP contribution in [0.25, 0.3) is 11.1 Å². The van der Waals surface area contributed by atoms with Crippen LogP contribution in [-0.2, 0) is 32.7 Å². The van der Waals surface area contributed by atoms with Gasteiger partial charge in [0.25, 0.3) is 0 Å². The molecule has 160 valence electrons. The average Bonchev–Trinajstić information content (AvgIpc) is 2.80. The molecule has 0 spiro atoms. The van der Waals surface area contributed by atoms with E-state index in [0.29, 0.717) is 0 Å². The number of benzene rings is 3. The van der Waals surface area contributed by atoms with Crippen LogP contribution in [-0.4, -0.2) is 0 Å². The van der Waals surface area contributed by atoms with E-state index < -0.39 is 0 Å². The molecule has 4 aromatic rings. The third-order valence-corrected chi connectivity index (χ3v) is 6.01. The fraction of sp³-hybridized carbons (Fsp3) is 0.179. The molecule has 0 atom stereocenters. The fourth-order valence-electron chi connectivity index (χ4n) is 4.18. The third-order valence-electron chi connectivity index (χ3n) is 6.01. The predicted octanol–water partition coefficient (Wildman–Crippen LogP) is 3.48. The summed E-state index contributed by atoms with van der Waals surface area (Å²) < 4.78 is 2.08. The predicted molar refractivity (Wildman–Crippen MR) is 125 cm³/mol. The molecule has 4 heteroatoms. The van der Waals surface area contributed by atoms with E-state index in [4.69, 9.17) is 0 Å². The molecule has 4 aliphatic carbocycles. The maximum Gasteiger partial charge on any atom is 0.169 e. The van der Waals surface area contributed by atoms with Crippen molar-refractivity contribution in [1.29, 1.82) is 0 Å². The Bertz CT molecular complexity index is 1230. The van der Waals surface area contributed by atoms with Gasteiger partial charge in [0, 0.05) is 12.1 Å². The Morgan fingerprint density at radius 3 is 2.06 bits per heavy atom. The molecule has 32 heavy (non-hydrogen) atoms. The van der Waals surface area contributed by atoms with Crippen molar-refractivity contribution in [2.75, 3.05) is 0 Å². The largest absolute Gasteiger partial charge is 1.00 e. The molecule has 0 saturated carbocycles. The summed E-state index contributed by atoms with van der Waals surface area (Å²) in [6, 6.07) is 28.1. The summed E-state index contributed by atoms with van der Waals surface area (Å²) in [6.07, 6.45) is 8.17. The van der Waals surface area contributed by atoms with E-state index in [9.17, 15) is 0 Å². The van der Waals surface area contributed by atoms with E-state index in [1.54, 1.807) is 0 Å². The van der Waals surface area contributed by atoms with Crippen molar-refractivity contribution in [2.24, 2.45) is 17.3 Å². The summed E-state index contributed by atoms with van der Waals surface area (Å²) >= 11 is 0. The molecule has 0 saturated heterocycles. The second-order valence-electron chi connectivity index (χ2n) is 8.24. The highest BCUT2D eigenvalue weighted by Crippen LogP contribution is 2.30. The summed E-state index contributed by atoms with van der Waals surface area (Å²) in [5.74, 6) is 0. The van der Waals surface area contributed by atoms with Gasteiger partial charge >= 0.3 is 0 Å². The highest BCUT2D eigenvalue weighted by Gasteiger charge is 2.12. The van der Waals surface area contributed by atoms with Gasteiger partial charge in [0.1, 0.15) is 7.05 Å². The minimum Gasteiger partial charge on any atom is -1.00 e. The molecule has 8 rings (SSSR count). The second-order valence-corrected chi connectivity index (χ2v) is 8.24. The standard InChI is InChI=1S/C28H26N3.HI/c1-31-17-15-24(16-18-31)27-19-21-7-11-23(27)12-8-22-10-14-25(13-9-21)28(20-22)30-29-26-5-3-2-4-6-26;/h2-7,10-11,14-20H,8-9,12-13H2,1H3;1H/q+1;/p-1. The number of pyridine rings is 1. The fourth-order valence-corrected chi connectivity index (χ4v) is 4.18. The van der Waals surface area contributed by atoms with Gasteiger partial charge in [0.2, 0.25) is 0 Å². The minimum absolute atomic E-state index is 0. The van der Waals surface area contributed by atoms with E-state index in [1.807, 2.05) is 30.3 Å². The molecular formula is C28H26IN3. The van der Waals surface area contributed by atoms with Crippen LogP contribution in [0.5, 0.6) is 0 Å². The Hall–Kier alpha value is -2.86. The molecule has 4 aliphatic rings. The summed E-state index contributed by atoms with van der Waals surface area (Å²) in [6.45, 7) is 0. The summed E-state index contributed by atoms with van der Waals surface area (Å²) in [4.78, 5) is 0. The first-order valence-corrected chi connectivity index (χ1v) is 10.9. The van der Waals surface area contributed by atoms with Crippen LogP contribution in [0, 0.1) is 0 Å². The molecule has 1 heterocycles. The molecule has 3 aromatic carbocycles. The van der Waals surface area contributed by atoms with Gasteiger partial charge in [-0.15, -0.1) is 0 Å². The number of aryl methyl sites for hydroxylation is 5. The van der Waals surface area contributed by atoms with Gasteiger partial charge in [-0.25, -0.2) is 4.57 Å². The molecule has 0 amide bonds. The lowest BCUT2D eigenvalue weighted by Gasteiger charge is -2.15. The van der Waals surface area contributed by atoms with Gasteiger partial charge in [0.05, 0.1) is 11.4 Å². The quantitative estimate of drug-likeness (QED) is 0.220. The van der Waals surface area contributed by atoms with Gasteiger partial charge in [-0.05, 0) is 77.3 Å². The summed E-state index contributed by atoms with van der Waals surface area (Å²) in [7, 11) is 2.06. The van der Waals surface area contributed by atoms with Crippen molar-refractivity contribution in [2.45, 2.75) is 25.7 Å². The van der Waals surface area contributed by atoms with Crippen LogP contribution < -0.4 is 28.5 Å². The van der Waals surface area contributed by atoms with Crippen LogP contribution >= 0.6 is 0 Å². The summed E-state index contributed by atoms with van der Waals surface area (Å²) in [5.41, 5.74) is 9.85. The van der Waals surface area contributed by atoms with Crippen LogP contribution in [0.2, 0.25) is 0 Å². The lowest BCUT2D eigenvalue weighted by atomic mass is 9.90. The molecule has 0 aliphatic heterocycles. The number of aromatic nitrogens is 1. The third kappa shape index (κ3) is 5.13. The Morgan fingerprint density at radius 1 is 0.656 bits per heavy atom. The normalized spacial score (nSPS) is 12.9. The number of halogens is 1. The number of nitrogens with zero attached hydrogens (tertiary/aromatic N) is 3. The molecular weight excluding hydrogens is 505 g/mol. The molecule has 0 unspecified atom stereocenters. The van der Waals surface area contributed by atoms with Crippen molar-refractivity contribution in [3.05, 3.63) is 114 Å². The van der Waals surface area contributed by atoms with Gasteiger partial charge in [-0.3, -0.25) is 0 Å². The Kier molecular flexibility index (Phi) is 7.10. The zero-order valence-corrected chi connectivity index (χ0v) is 20.4. The van der Waals surface area contributed by atoms with Crippen molar-refractivity contribution in [3.63, 3.8) is 0 Å². The lowest BCUT2D eigenvalue weighted by molar-refractivity contribution is -0.671. The maximum absolute atomic E-state index is 4.62. The monoisotopic (exact) mass is 531 g/mol. The van der Waals surface area contributed by atoms with E-state index in [2.05, 4.69) is 82.8 Å². The average molecular weight is 531 g/mol. The van der Waals surface area contributed by atoms with E-state index >= 15 is 0 Å². The second kappa shape index (κ2) is 10.2. The van der Waals surface area contributed by atoms with Crippen molar-refractivity contribution in [1.82, 2.24) is 0 Å². The Labute approximate surface area is 206 Å². The smallest absolute Gasteiger partial charge is 0.169 e. The maximum atomic E-state index is 4.62. The highest BCUT2D eigenvalue weighted by atomic mass is 127. The van der Waals surface area contributed by atoms with Gasteiger partial charge in [-0.1, -0.05) is 48.5 Å². The van der Waals surface area contributed by atoms with Crippen LogP contribution in [0.1, 0.15) is 22.3 Å². The minimum atomic E-state index is 0. The van der Waals surface area contributed by atoms with Gasteiger partial charge < -0.3 is 24.0 Å². The molecule has 4 bridgehead atoms. The number of azo groups is 1. The van der Waals surface area contributed by atoms with Crippen LogP contribution in [0.3, 0.4) is 0 Å². The van der Waals surface area contributed by atoms with Gasteiger partial charge in [0.15, 0.2) is 12.4 Å². The zero-order valence-electron chi connectivity index (χ0n) is 18.2. The Balaban J connectivity index is 0.00000245. The first-order chi connectivity index (χ1) is 15.2. The topological polar surface area (TPSA) is 28.6 Å². The highest BCUT2D eigenvalue weighted by molar-refractivity contribution is 5.68. The van der Waals surface area contributed by atoms with Crippen LogP contribution in [0.15, 0.2) is 101 Å². The Morgan fingerprint density at radius 2 is 1.31 bits per heavy atom.